The Morgan fingerprint density at radius 2 is 0.800 bits per heavy atom. The van der Waals surface area contributed by atoms with Gasteiger partial charge in [-0.05, 0) is 35.4 Å². The first-order valence-corrected chi connectivity index (χ1v) is 9.94. The van der Waals surface area contributed by atoms with Crippen LogP contribution in [0, 0.1) is 0 Å². The van der Waals surface area contributed by atoms with Gasteiger partial charge < -0.3 is 5.53 Å². The minimum Gasteiger partial charge on any atom is -0.493 e. The summed E-state index contributed by atoms with van der Waals surface area (Å²) < 4.78 is 1.26. The number of benzene rings is 4. The molecule has 0 aliphatic heterocycles. The van der Waals surface area contributed by atoms with E-state index in [1.165, 1.54) is 4.70 Å². The molecule has 0 saturated carbocycles. The number of rotatable bonds is 6. The quantitative estimate of drug-likeness (QED) is 0.183. The standard InChI is InChI=1S/C28H22N2/c29-30(27-17-9-7-15-25(27)21-19-23-11-3-1-4-12-23)28-18-10-8-16-26(28)22-20-24-13-5-2-6-14-24/h1-22H. The van der Waals surface area contributed by atoms with Crippen molar-refractivity contribution >= 4 is 35.7 Å². The van der Waals surface area contributed by atoms with E-state index in [-0.39, 0.29) is 0 Å². The molecule has 0 radical (unpaired) electrons. The average molecular weight is 386 g/mol. The molecule has 0 fully saturated rings. The van der Waals surface area contributed by atoms with Crippen molar-refractivity contribution in [3.05, 3.63) is 137 Å². The van der Waals surface area contributed by atoms with Crippen LogP contribution in [0.5, 0.6) is 0 Å². The van der Waals surface area contributed by atoms with Gasteiger partial charge in [0.05, 0.1) is 0 Å². The maximum atomic E-state index is 11.1. The first kappa shape index (κ1) is 19.3. The summed E-state index contributed by atoms with van der Waals surface area (Å²) >= 11 is 0. The van der Waals surface area contributed by atoms with E-state index >= 15 is 0 Å². The van der Waals surface area contributed by atoms with E-state index in [4.69, 9.17) is 0 Å². The molecule has 2 heteroatoms. The van der Waals surface area contributed by atoms with Crippen molar-refractivity contribution in [1.82, 2.24) is 4.70 Å². The van der Waals surface area contributed by atoms with Gasteiger partial charge in [0.1, 0.15) is 0 Å². The fourth-order valence-corrected chi connectivity index (χ4v) is 3.27. The third kappa shape index (κ3) is 4.68. The second-order valence-electron chi connectivity index (χ2n) is 6.92. The molecule has 2 nitrogen and oxygen atoms in total. The highest BCUT2D eigenvalue weighted by molar-refractivity contribution is 5.80. The molecule has 0 aromatic heterocycles. The summed E-state index contributed by atoms with van der Waals surface area (Å²) in [6, 6.07) is 35.9. The maximum absolute atomic E-state index is 11.1. The van der Waals surface area contributed by atoms with Gasteiger partial charge in [-0.2, -0.15) is 0 Å². The van der Waals surface area contributed by atoms with Crippen LogP contribution in [-0.2, 0) is 0 Å². The van der Waals surface area contributed by atoms with Gasteiger partial charge >= 0.3 is 0 Å². The number of hydrogen-bond donors (Lipinski definition) is 0. The molecular formula is C28H22N2. The molecule has 0 atom stereocenters. The fourth-order valence-electron chi connectivity index (χ4n) is 3.27. The van der Waals surface area contributed by atoms with Gasteiger partial charge in [0.25, 0.3) is 0 Å². The highest BCUT2D eigenvalue weighted by atomic mass is 15.2. The third-order valence-corrected chi connectivity index (χ3v) is 4.84. The van der Waals surface area contributed by atoms with Crippen molar-refractivity contribution in [2.45, 2.75) is 0 Å². The summed E-state index contributed by atoms with van der Waals surface area (Å²) in [4.78, 5) is 0. The summed E-state index contributed by atoms with van der Waals surface area (Å²) in [6.07, 6.45) is 8.15. The van der Waals surface area contributed by atoms with Crippen LogP contribution in [0.4, 0.5) is 11.4 Å². The highest BCUT2D eigenvalue weighted by Crippen LogP contribution is 2.29. The summed E-state index contributed by atoms with van der Waals surface area (Å²) in [5.41, 5.74) is 16.7. The lowest BCUT2D eigenvalue weighted by atomic mass is 10.1. The Labute approximate surface area is 177 Å². The Balaban J connectivity index is 1.66. The van der Waals surface area contributed by atoms with Gasteiger partial charge in [-0.25, -0.2) is 4.70 Å². The van der Waals surface area contributed by atoms with E-state index < -0.39 is 0 Å². The van der Waals surface area contributed by atoms with Crippen LogP contribution in [0.25, 0.3) is 29.8 Å². The number of nitrogens with zero attached hydrogens (tertiary/aromatic N) is 2. The minimum atomic E-state index is 0.727. The number of para-hydroxylation sites is 2. The Hall–Kier alpha value is -4.04. The van der Waals surface area contributed by atoms with E-state index in [0.717, 1.165) is 33.6 Å². The molecule has 144 valence electrons. The van der Waals surface area contributed by atoms with E-state index in [2.05, 4.69) is 24.3 Å². The van der Waals surface area contributed by atoms with Crippen molar-refractivity contribution in [2.24, 2.45) is 0 Å². The van der Waals surface area contributed by atoms with Gasteiger partial charge in [0.15, 0.2) is 0 Å². The van der Waals surface area contributed by atoms with E-state index in [0.29, 0.717) is 0 Å². The lowest BCUT2D eigenvalue weighted by molar-refractivity contribution is 1.05. The Morgan fingerprint density at radius 1 is 0.433 bits per heavy atom. The van der Waals surface area contributed by atoms with Crippen LogP contribution in [0.2, 0.25) is 0 Å². The molecule has 0 aliphatic rings. The molecule has 30 heavy (non-hydrogen) atoms. The van der Waals surface area contributed by atoms with Crippen LogP contribution >= 0.6 is 0 Å². The molecule has 4 aromatic carbocycles. The Bertz CT molecular complexity index is 1090. The van der Waals surface area contributed by atoms with Crippen LogP contribution in [-0.4, -0.2) is 0 Å². The van der Waals surface area contributed by atoms with Gasteiger partial charge in [0.2, 0.25) is 11.4 Å². The summed E-state index contributed by atoms with van der Waals surface area (Å²) in [7, 11) is 0. The molecular weight excluding hydrogens is 364 g/mol. The summed E-state index contributed by atoms with van der Waals surface area (Å²) in [5, 5.41) is 0. The average Bonchev–Trinajstić information content (AvgIpc) is 2.83. The van der Waals surface area contributed by atoms with Gasteiger partial charge in [-0.1, -0.05) is 97.1 Å². The highest BCUT2D eigenvalue weighted by Gasteiger charge is 2.13. The lowest BCUT2D eigenvalue weighted by Crippen LogP contribution is -2.00. The smallest absolute Gasteiger partial charge is 0.207 e. The number of hydrogen-bond acceptors (Lipinski definition) is 0. The Morgan fingerprint density at radius 3 is 1.23 bits per heavy atom. The minimum absolute atomic E-state index is 0.727. The molecule has 4 rings (SSSR count). The molecule has 0 aliphatic carbocycles. The van der Waals surface area contributed by atoms with E-state index in [9.17, 15) is 5.53 Å². The van der Waals surface area contributed by atoms with Crippen molar-refractivity contribution in [1.29, 1.82) is 0 Å². The van der Waals surface area contributed by atoms with E-state index in [1.807, 2.05) is 109 Å². The van der Waals surface area contributed by atoms with Crippen LogP contribution < -0.4 is 4.70 Å². The summed E-state index contributed by atoms with van der Waals surface area (Å²) in [5.74, 6) is 0. The zero-order valence-corrected chi connectivity index (χ0v) is 16.6. The van der Waals surface area contributed by atoms with Crippen molar-refractivity contribution < 1.29 is 0 Å². The summed E-state index contributed by atoms with van der Waals surface area (Å²) in [6.45, 7) is 0. The Kier molecular flexibility index (Phi) is 6.07. The predicted octanol–water partition coefficient (Wildman–Crippen LogP) is 7.88. The lowest BCUT2D eigenvalue weighted by Gasteiger charge is -2.11. The molecule has 0 amide bonds. The van der Waals surface area contributed by atoms with E-state index in [1.54, 1.807) is 0 Å². The largest absolute Gasteiger partial charge is 0.493 e. The first-order valence-electron chi connectivity index (χ1n) is 9.94. The molecule has 0 unspecified atom stereocenters. The zero-order valence-electron chi connectivity index (χ0n) is 16.6. The van der Waals surface area contributed by atoms with Crippen molar-refractivity contribution in [2.75, 3.05) is 0 Å². The molecule has 4 aromatic rings. The van der Waals surface area contributed by atoms with Crippen molar-refractivity contribution in [3.63, 3.8) is 0 Å². The normalized spacial score (nSPS) is 11.2. The fraction of sp³-hybridized carbons (Fsp3) is 0. The third-order valence-electron chi connectivity index (χ3n) is 4.84. The molecule has 0 saturated heterocycles. The SMILES string of the molecule is [N-]=[N+](c1ccccc1C=Cc1ccccc1)c1ccccc1C=Cc1ccccc1. The van der Waals surface area contributed by atoms with Crippen molar-refractivity contribution in [3.8, 4) is 0 Å². The zero-order chi connectivity index (χ0) is 20.6. The maximum Gasteiger partial charge on any atom is 0.207 e. The second-order valence-corrected chi connectivity index (χ2v) is 6.92. The van der Waals surface area contributed by atoms with Gasteiger partial charge in [-0.15, -0.1) is 0 Å². The van der Waals surface area contributed by atoms with Crippen LogP contribution in [0.3, 0.4) is 0 Å². The topological polar surface area (TPSA) is 25.3 Å². The molecule has 0 N–H and O–H groups in total. The van der Waals surface area contributed by atoms with Crippen LogP contribution in [0.1, 0.15) is 22.3 Å². The molecule has 0 bridgehead atoms. The molecule has 0 heterocycles. The first-order chi connectivity index (χ1) is 14.8. The molecule has 0 spiro atoms. The second kappa shape index (κ2) is 9.44. The van der Waals surface area contributed by atoms with Gasteiger partial charge in [0, 0.05) is 23.3 Å². The monoisotopic (exact) mass is 386 g/mol. The predicted molar refractivity (Wildman–Crippen MR) is 128 cm³/mol. The van der Waals surface area contributed by atoms with Gasteiger partial charge in [-0.3, -0.25) is 0 Å². The van der Waals surface area contributed by atoms with Crippen LogP contribution in [0.15, 0.2) is 109 Å².